The first-order valence-corrected chi connectivity index (χ1v) is 11.6. The molecule has 0 aromatic heterocycles. The summed E-state index contributed by atoms with van der Waals surface area (Å²) in [7, 11) is 0. The van der Waals surface area contributed by atoms with Crippen LogP contribution in [0.4, 0.5) is 0 Å². The molecule has 1 aliphatic heterocycles. The number of esters is 2. The third-order valence-corrected chi connectivity index (χ3v) is 5.97. The molecule has 0 aliphatic carbocycles. The van der Waals surface area contributed by atoms with Crippen LogP contribution in [-0.2, 0) is 32.3 Å². The molecular formula is C30H26N2O4. The van der Waals surface area contributed by atoms with Crippen LogP contribution < -0.4 is 5.32 Å². The van der Waals surface area contributed by atoms with Gasteiger partial charge in [0.05, 0.1) is 28.7 Å². The number of nitriles is 1. The summed E-state index contributed by atoms with van der Waals surface area (Å²) in [6.07, 6.45) is 0. The van der Waals surface area contributed by atoms with E-state index in [1.165, 1.54) is 0 Å². The fraction of sp³-hybridized carbons (Fsp3) is 0.167. The van der Waals surface area contributed by atoms with E-state index in [9.17, 15) is 14.9 Å². The SMILES string of the molecule is CC1=C(C(=O)OCc2ccccc2)C(c2cccc(C#N)c2)C(C(=O)OCc2ccccc2)=C(C)N1. The van der Waals surface area contributed by atoms with Crippen molar-refractivity contribution in [2.75, 3.05) is 0 Å². The van der Waals surface area contributed by atoms with E-state index in [1.54, 1.807) is 38.1 Å². The molecule has 0 amide bonds. The zero-order valence-electron chi connectivity index (χ0n) is 20.2. The second-order valence-corrected chi connectivity index (χ2v) is 8.50. The quantitative estimate of drug-likeness (QED) is 0.465. The lowest BCUT2D eigenvalue weighted by Crippen LogP contribution is -2.32. The second-order valence-electron chi connectivity index (χ2n) is 8.50. The topological polar surface area (TPSA) is 88.4 Å². The van der Waals surface area contributed by atoms with Crippen LogP contribution in [0.5, 0.6) is 0 Å². The molecule has 1 aliphatic rings. The summed E-state index contributed by atoms with van der Waals surface area (Å²) in [6.45, 7) is 3.74. The Balaban J connectivity index is 1.68. The van der Waals surface area contributed by atoms with Gasteiger partial charge in [-0.3, -0.25) is 0 Å². The fourth-order valence-electron chi connectivity index (χ4n) is 4.26. The Hall–Kier alpha value is -4.63. The molecule has 3 aromatic carbocycles. The van der Waals surface area contributed by atoms with E-state index >= 15 is 0 Å². The minimum Gasteiger partial charge on any atom is -0.457 e. The van der Waals surface area contributed by atoms with Crippen LogP contribution in [0.3, 0.4) is 0 Å². The lowest BCUT2D eigenvalue weighted by Gasteiger charge is -2.30. The molecule has 4 rings (SSSR count). The lowest BCUT2D eigenvalue weighted by molar-refractivity contribution is -0.141. The maximum atomic E-state index is 13.4. The lowest BCUT2D eigenvalue weighted by atomic mass is 9.80. The average molecular weight is 479 g/mol. The van der Waals surface area contributed by atoms with Gasteiger partial charge >= 0.3 is 11.9 Å². The molecule has 0 spiro atoms. The van der Waals surface area contributed by atoms with E-state index in [2.05, 4.69) is 11.4 Å². The number of hydrogen-bond acceptors (Lipinski definition) is 6. The number of benzene rings is 3. The van der Waals surface area contributed by atoms with Gasteiger partial charge in [0.2, 0.25) is 0 Å². The zero-order chi connectivity index (χ0) is 25.5. The van der Waals surface area contributed by atoms with E-state index in [4.69, 9.17) is 9.47 Å². The van der Waals surface area contributed by atoms with Gasteiger partial charge in [-0.05, 0) is 42.7 Å². The van der Waals surface area contributed by atoms with Crippen molar-refractivity contribution >= 4 is 11.9 Å². The Morgan fingerprint density at radius 1 is 0.778 bits per heavy atom. The number of rotatable bonds is 7. The summed E-state index contributed by atoms with van der Waals surface area (Å²) in [5.41, 5.74) is 4.53. The second kappa shape index (κ2) is 11.2. The molecule has 3 aromatic rings. The van der Waals surface area contributed by atoms with Crippen molar-refractivity contribution in [1.29, 1.82) is 5.26 Å². The first-order chi connectivity index (χ1) is 17.5. The highest BCUT2D eigenvalue weighted by molar-refractivity contribution is 5.99. The van der Waals surface area contributed by atoms with Crippen LogP contribution >= 0.6 is 0 Å². The monoisotopic (exact) mass is 478 g/mol. The molecule has 0 saturated carbocycles. The van der Waals surface area contributed by atoms with Gasteiger partial charge in [-0.2, -0.15) is 5.26 Å². The summed E-state index contributed by atoms with van der Waals surface area (Å²) in [5, 5.41) is 12.6. The molecular weight excluding hydrogens is 452 g/mol. The van der Waals surface area contributed by atoms with Crippen molar-refractivity contribution in [1.82, 2.24) is 5.32 Å². The molecule has 6 heteroatoms. The number of allylic oxidation sites excluding steroid dienone is 2. The van der Waals surface area contributed by atoms with Crippen molar-refractivity contribution in [3.63, 3.8) is 0 Å². The van der Waals surface area contributed by atoms with Gasteiger partial charge in [0.25, 0.3) is 0 Å². The molecule has 1 N–H and O–H groups in total. The third kappa shape index (κ3) is 5.53. The first kappa shape index (κ1) is 24.5. The van der Waals surface area contributed by atoms with Crippen LogP contribution in [0.1, 0.15) is 42.0 Å². The summed E-state index contributed by atoms with van der Waals surface area (Å²) in [5.74, 6) is -1.85. The van der Waals surface area contributed by atoms with Crippen LogP contribution in [-0.4, -0.2) is 11.9 Å². The van der Waals surface area contributed by atoms with Crippen molar-refractivity contribution in [2.45, 2.75) is 33.0 Å². The molecule has 0 unspecified atom stereocenters. The maximum Gasteiger partial charge on any atom is 0.337 e. The van der Waals surface area contributed by atoms with Crippen molar-refractivity contribution in [3.8, 4) is 6.07 Å². The van der Waals surface area contributed by atoms with Gasteiger partial charge < -0.3 is 14.8 Å². The predicted molar refractivity (Wildman–Crippen MR) is 135 cm³/mol. The Bertz CT molecular complexity index is 1290. The Morgan fingerprint density at radius 3 is 1.75 bits per heavy atom. The van der Waals surface area contributed by atoms with Crippen LogP contribution in [0.25, 0.3) is 0 Å². The minimum absolute atomic E-state index is 0.0951. The Morgan fingerprint density at radius 2 is 1.28 bits per heavy atom. The Labute approximate surface area is 210 Å². The van der Waals surface area contributed by atoms with Gasteiger partial charge in [0.15, 0.2) is 0 Å². The van der Waals surface area contributed by atoms with Gasteiger partial charge in [0, 0.05) is 11.4 Å². The number of carbonyl (C=O) groups is 2. The largest absolute Gasteiger partial charge is 0.457 e. The van der Waals surface area contributed by atoms with Crippen LogP contribution in [0.15, 0.2) is 107 Å². The summed E-state index contributed by atoms with van der Waals surface area (Å²) < 4.78 is 11.3. The highest BCUT2D eigenvalue weighted by Crippen LogP contribution is 2.39. The first-order valence-electron chi connectivity index (χ1n) is 11.6. The summed E-state index contributed by atoms with van der Waals surface area (Å²) in [4.78, 5) is 26.8. The number of carbonyl (C=O) groups excluding carboxylic acids is 2. The van der Waals surface area contributed by atoms with Crippen molar-refractivity contribution < 1.29 is 19.1 Å². The third-order valence-electron chi connectivity index (χ3n) is 5.97. The normalized spacial score (nSPS) is 13.6. The number of ether oxygens (including phenoxy) is 2. The maximum absolute atomic E-state index is 13.4. The van der Waals surface area contributed by atoms with Gasteiger partial charge in [-0.1, -0.05) is 72.8 Å². The molecule has 0 saturated heterocycles. The molecule has 0 fully saturated rings. The van der Waals surface area contributed by atoms with Crippen molar-refractivity contribution in [2.24, 2.45) is 0 Å². The number of nitrogens with one attached hydrogen (secondary N) is 1. The van der Waals surface area contributed by atoms with E-state index in [0.29, 0.717) is 33.7 Å². The molecule has 6 nitrogen and oxygen atoms in total. The standard InChI is InChI=1S/C30H26N2O4/c1-20-26(29(33)35-18-22-10-5-3-6-11-22)28(25-15-9-14-24(16-25)17-31)27(21(2)32-20)30(34)36-19-23-12-7-4-8-13-23/h3-16,28,32H,18-19H2,1-2H3. The zero-order valence-corrected chi connectivity index (χ0v) is 20.2. The van der Waals surface area contributed by atoms with E-state index in [1.807, 2.05) is 60.7 Å². The average Bonchev–Trinajstić information content (AvgIpc) is 2.91. The molecule has 1 heterocycles. The van der Waals surface area contributed by atoms with Crippen molar-refractivity contribution in [3.05, 3.63) is 130 Å². The molecule has 0 radical (unpaired) electrons. The fourth-order valence-corrected chi connectivity index (χ4v) is 4.26. The van der Waals surface area contributed by atoms with E-state index < -0.39 is 17.9 Å². The Kier molecular flexibility index (Phi) is 7.62. The predicted octanol–water partition coefficient (Wildman–Crippen LogP) is 5.28. The van der Waals surface area contributed by atoms with Crippen LogP contribution in [0, 0.1) is 11.3 Å². The minimum atomic E-state index is -0.758. The number of dihydropyridines is 1. The number of hydrogen-bond donors (Lipinski definition) is 1. The van der Waals surface area contributed by atoms with E-state index in [0.717, 1.165) is 11.1 Å². The highest BCUT2D eigenvalue weighted by Gasteiger charge is 2.38. The van der Waals surface area contributed by atoms with Crippen LogP contribution in [0.2, 0.25) is 0 Å². The smallest absolute Gasteiger partial charge is 0.337 e. The molecule has 0 bridgehead atoms. The van der Waals surface area contributed by atoms with E-state index in [-0.39, 0.29) is 13.2 Å². The molecule has 180 valence electrons. The van der Waals surface area contributed by atoms with Gasteiger partial charge in [-0.25, -0.2) is 9.59 Å². The molecule has 0 atom stereocenters. The molecule has 36 heavy (non-hydrogen) atoms. The number of nitrogens with zero attached hydrogens (tertiary/aromatic N) is 1. The van der Waals surface area contributed by atoms with Gasteiger partial charge in [0.1, 0.15) is 13.2 Å². The summed E-state index contributed by atoms with van der Waals surface area (Å²) >= 11 is 0. The summed E-state index contributed by atoms with van der Waals surface area (Å²) in [6, 6.07) is 27.8. The highest BCUT2D eigenvalue weighted by atomic mass is 16.5. The van der Waals surface area contributed by atoms with Gasteiger partial charge in [-0.15, -0.1) is 0 Å².